The molecule has 1 nitrogen and oxygen atoms in total. The number of hydrogen-bond donors (Lipinski definition) is 1. The average molecular weight is 331 g/mol. The number of halogens is 2. The van der Waals surface area contributed by atoms with Gasteiger partial charge < -0.3 is 5.11 Å². The third-order valence-corrected chi connectivity index (χ3v) is 4.01. The third kappa shape index (κ3) is 6.05. The van der Waals surface area contributed by atoms with Gasteiger partial charge in [-0.15, -0.1) is 0 Å². The second-order valence-electron chi connectivity index (χ2n) is 6.68. The lowest BCUT2D eigenvalue weighted by Gasteiger charge is -2.25. The molecule has 1 aromatic carbocycles. The maximum atomic E-state index is 13.4. The molecule has 0 saturated heterocycles. The van der Waals surface area contributed by atoms with E-state index in [1.165, 1.54) is 6.07 Å². The summed E-state index contributed by atoms with van der Waals surface area (Å²) >= 11 is 3.24. The monoisotopic (exact) mass is 330 g/mol. The number of hydrogen-bond acceptors (Lipinski definition) is 1. The van der Waals surface area contributed by atoms with Gasteiger partial charge in [0.2, 0.25) is 0 Å². The lowest BCUT2D eigenvalue weighted by atomic mass is 9.83. The fourth-order valence-corrected chi connectivity index (χ4v) is 3.06. The maximum absolute atomic E-state index is 13.4. The van der Waals surface area contributed by atoms with Crippen molar-refractivity contribution in [3.05, 3.63) is 34.1 Å². The Morgan fingerprint density at radius 1 is 1.32 bits per heavy atom. The molecule has 1 rings (SSSR count). The second kappa shape index (κ2) is 6.85. The minimum Gasteiger partial charge on any atom is -0.393 e. The summed E-state index contributed by atoms with van der Waals surface area (Å²) in [7, 11) is 0. The van der Waals surface area contributed by atoms with Crippen LogP contribution in [0.4, 0.5) is 4.39 Å². The van der Waals surface area contributed by atoms with Crippen molar-refractivity contribution in [3.63, 3.8) is 0 Å². The van der Waals surface area contributed by atoms with Gasteiger partial charge in [0.05, 0.1) is 10.6 Å². The first-order chi connectivity index (χ1) is 8.69. The van der Waals surface area contributed by atoms with Crippen LogP contribution in [0.15, 0.2) is 22.7 Å². The highest BCUT2D eigenvalue weighted by molar-refractivity contribution is 9.10. The number of rotatable bonds is 5. The zero-order valence-corrected chi connectivity index (χ0v) is 13.8. The average Bonchev–Trinajstić information content (AvgIpc) is 2.21. The summed E-state index contributed by atoms with van der Waals surface area (Å²) in [5.41, 5.74) is 1.11. The van der Waals surface area contributed by atoms with Gasteiger partial charge in [0.25, 0.3) is 0 Å². The molecular weight excluding hydrogens is 307 g/mol. The summed E-state index contributed by atoms with van der Waals surface area (Å²) in [5, 5.41) is 10.1. The Balaban J connectivity index is 2.56. The highest BCUT2D eigenvalue weighted by atomic mass is 79.9. The molecule has 0 fully saturated rings. The molecule has 0 amide bonds. The number of aliphatic hydroxyl groups is 1. The fraction of sp³-hybridized carbons (Fsp3) is 0.625. The van der Waals surface area contributed by atoms with Gasteiger partial charge in [-0.25, -0.2) is 4.39 Å². The predicted octanol–water partition coefficient (Wildman–Crippen LogP) is 4.95. The molecule has 0 saturated carbocycles. The maximum Gasteiger partial charge on any atom is 0.137 e. The van der Waals surface area contributed by atoms with Crippen molar-refractivity contribution in [2.45, 2.75) is 53.1 Å². The molecule has 3 heteroatoms. The van der Waals surface area contributed by atoms with Crippen molar-refractivity contribution in [2.75, 3.05) is 0 Å². The lowest BCUT2D eigenvalue weighted by Crippen LogP contribution is -2.19. The van der Waals surface area contributed by atoms with Gasteiger partial charge in [-0.2, -0.15) is 0 Å². The molecule has 0 bridgehead atoms. The Morgan fingerprint density at radius 2 is 1.95 bits per heavy atom. The molecule has 0 spiro atoms. The van der Waals surface area contributed by atoms with Gasteiger partial charge in [0.1, 0.15) is 5.82 Å². The molecule has 0 heterocycles. The van der Waals surface area contributed by atoms with Crippen molar-refractivity contribution in [1.29, 1.82) is 0 Å². The zero-order valence-electron chi connectivity index (χ0n) is 12.2. The van der Waals surface area contributed by atoms with E-state index in [2.05, 4.69) is 43.6 Å². The van der Waals surface area contributed by atoms with E-state index in [1.807, 2.05) is 6.07 Å². The van der Waals surface area contributed by atoms with Crippen molar-refractivity contribution in [2.24, 2.45) is 11.3 Å². The normalized spacial score (nSPS) is 15.3. The zero-order chi connectivity index (χ0) is 14.6. The molecular formula is C16H24BrFO. The van der Waals surface area contributed by atoms with Gasteiger partial charge in [0, 0.05) is 0 Å². The molecule has 0 aliphatic carbocycles. The first-order valence-electron chi connectivity index (χ1n) is 6.80. The molecule has 19 heavy (non-hydrogen) atoms. The Hall–Kier alpha value is -0.410. The van der Waals surface area contributed by atoms with Crippen LogP contribution in [0.2, 0.25) is 0 Å². The van der Waals surface area contributed by atoms with Crippen molar-refractivity contribution in [1.82, 2.24) is 0 Å². The first kappa shape index (κ1) is 16.6. The molecule has 2 unspecified atom stereocenters. The highest BCUT2D eigenvalue weighted by Crippen LogP contribution is 2.28. The lowest BCUT2D eigenvalue weighted by molar-refractivity contribution is 0.132. The summed E-state index contributed by atoms with van der Waals surface area (Å²) in [5.74, 6) is 0.190. The van der Waals surface area contributed by atoms with Crippen LogP contribution >= 0.6 is 15.9 Å². The molecule has 108 valence electrons. The van der Waals surface area contributed by atoms with Crippen molar-refractivity contribution < 1.29 is 9.50 Å². The largest absolute Gasteiger partial charge is 0.393 e. The first-order valence-corrected chi connectivity index (χ1v) is 7.59. The van der Waals surface area contributed by atoms with Crippen LogP contribution in [0, 0.1) is 17.2 Å². The minimum absolute atomic E-state index is 0.271. The van der Waals surface area contributed by atoms with Crippen LogP contribution in [0.25, 0.3) is 0 Å². The number of benzene rings is 1. The fourth-order valence-electron chi connectivity index (χ4n) is 2.64. The third-order valence-electron chi connectivity index (χ3n) is 3.12. The van der Waals surface area contributed by atoms with E-state index in [0.717, 1.165) is 18.4 Å². The Kier molecular flexibility index (Phi) is 6.00. The molecule has 1 N–H and O–H groups in total. The second-order valence-corrected chi connectivity index (χ2v) is 7.47. The van der Waals surface area contributed by atoms with E-state index < -0.39 is 6.10 Å². The van der Waals surface area contributed by atoms with Gasteiger partial charge in [0.15, 0.2) is 0 Å². The van der Waals surface area contributed by atoms with Crippen molar-refractivity contribution in [3.8, 4) is 0 Å². The van der Waals surface area contributed by atoms with Crippen LogP contribution in [0.3, 0.4) is 0 Å². The predicted molar refractivity (Wildman–Crippen MR) is 81.7 cm³/mol. The van der Waals surface area contributed by atoms with Gasteiger partial charge >= 0.3 is 0 Å². The minimum atomic E-state index is -0.421. The van der Waals surface area contributed by atoms with E-state index >= 15 is 0 Å². The topological polar surface area (TPSA) is 20.2 Å². The van der Waals surface area contributed by atoms with E-state index in [4.69, 9.17) is 0 Å². The summed E-state index contributed by atoms with van der Waals surface area (Å²) in [6.45, 7) is 8.78. The smallest absolute Gasteiger partial charge is 0.137 e. The van der Waals surface area contributed by atoms with Crippen LogP contribution in [0.5, 0.6) is 0 Å². The Morgan fingerprint density at radius 3 is 2.53 bits per heavy atom. The molecule has 0 radical (unpaired) electrons. The van der Waals surface area contributed by atoms with Crippen LogP contribution in [-0.4, -0.2) is 11.2 Å². The van der Waals surface area contributed by atoms with E-state index in [-0.39, 0.29) is 11.2 Å². The van der Waals surface area contributed by atoms with Gasteiger partial charge in [-0.3, -0.25) is 0 Å². The standard InChI is InChI=1S/C16H24BrFO/c1-11(10-16(2,3)4)8-13(19)9-12-6-5-7-14(18)15(12)17/h5-7,11,13,19H,8-10H2,1-4H3. The van der Waals surface area contributed by atoms with Crippen LogP contribution < -0.4 is 0 Å². The van der Waals surface area contributed by atoms with Gasteiger partial charge in [-0.05, 0) is 58.2 Å². The van der Waals surface area contributed by atoms with Gasteiger partial charge in [-0.1, -0.05) is 39.8 Å². The summed E-state index contributed by atoms with van der Waals surface area (Å²) < 4.78 is 13.9. The Bertz CT molecular complexity index is 412. The van der Waals surface area contributed by atoms with E-state index in [1.54, 1.807) is 6.07 Å². The number of aliphatic hydroxyl groups excluding tert-OH is 1. The summed E-state index contributed by atoms with van der Waals surface area (Å²) in [6, 6.07) is 4.95. The molecule has 1 aromatic rings. The Labute approximate surface area is 124 Å². The van der Waals surface area contributed by atoms with Crippen LogP contribution in [0.1, 0.15) is 46.1 Å². The summed E-state index contributed by atoms with van der Waals surface area (Å²) in [6.07, 6.45) is 1.90. The van der Waals surface area contributed by atoms with E-state index in [9.17, 15) is 9.50 Å². The molecule has 0 aliphatic rings. The van der Waals surface area contributed by atoms with Crippen molar-refractivity contribution >= 4 is 15.9 Å². The molecule has 0 aliphatic heterocycles. The van der Waals surface area contributed by atoms with E-state index in [0.29, 0.717) is 16.8 Å². The highest BCUT2D eigenvalue weighted by Gasteiger charge is 2.19. The molecule has 0 aromatic heterocycles. The summed E-state index contributed by atoms with van der Waals surface area (Å²) in [4.78, 5) is 0. The quantitative estimate of drug-likeness (QED) is 0.809. The molecule has 2 atom stereocenters. The SMILES string of the molecule is CC(CC(O)Cc1cccc(F)c1Br)CC(C)(C)C. The van der Waals surface area contributed by atoms with Crippen LogP contribution in [-0.2, 0) is 6.42 Å².